The minimum absolute atomic E-state index is 0.0563. The third kappa shape index (κ3) is 9.36. The van der Waals surface area contributed by atoms with E-state index in [1.54, 1.807) is 54.3 Å². The highest BCUT2D eigenvalue weighted by atomic mass is 32.2. The predicted molar refractivity (Wildman–Crippen MR) is 180 cm³/mol. The highest BCUT2D eigenvalue weighted by molar-refractivity contribution is 7.90. The van der Waals surface area contributed by atoms with Crippen LogP contribution in [0.5, 0.6) is 0 Å². The SMILES string of the molecule is CCCN(CCC)C(=O)c1cc(C)cc(C(=O)N[C@@H](Cc2cc(F)cc(F)c2)[C@H](O)CNCc2cccn2S(=O)(=O)c2ccccc2)c1. The molecule has 0 unspecified atom stereocenters. The summed E-state index contributed by atoms with van der Waals surface area (Å²) in [5.41, 5.74) is 1.89. The number of amides is 2. The quantitative estimate of drug-likeness (QED) is 0.152. The summed E-state index contributed by atoms with van der Waals surface area (Å²) in [5, 5.41) is 17.1. The van der Waals surface area contributed by atoms with Crippen LogP contribution in [0.4, 0.5) is 8.78 Å². The zero-order valence-corrected chi connectivity index (χ0v) is 28.1. The highest BCUT2D eigenvalue weighted by Gasteiger charge is 2.25. The molecule has 12 heteroatoms. The normalized spacial score (nSPS) is 12.8. The number of nitrogens with zero attached hydrogens (tertiary/aromatic N) is 2. The van der Waals surface area contributed by atoms with Crippen LogP contribution in [-0.4, -0.2) is 66.0 Å². The van der Waals surface area contributed by atoms with E-state index in [0.29, 0.717) is 29.9 Å². The second-order valence-electron chi connectivity index (χ2n) is 11.8. The summed E-state index contributed by atoms with van der Waals surface area (Å²) in [6.45, 7) is 6.87. The number of carbonyl (C=O) groups is 2. The number of halogens is 2. The van der Waals surface area contributed by atoms with Crippen molar-refractivity contribution in [3.8, 4) is 0 Å². The number of aryl methyl sites for hydroxylation is 1. The van der Waals surface area contributed by atoms with Crippen molar-refractivity contribution in [2.45, 2.75) is 63.6 Å². The number of benzene rings is 3. The Morgan fingerprint density at radius 1 is 0.896 bits per heavy atom. The summed E-state index contributed by atoms with van der Waals surface area (Å²) in [6, 6.07) is 18.0. The molecule has 3 aromatic carbocycles. The number of aliphatic hydroxyl groups excluding tert-OH is 1. The fourth-order valence-corrected chi connectivity index (χ4v) is 6.95. The summed E-state index contributed by atoms with van der Waals surface area (Å²) in [7, 11) is -3.86. The fraction of sp³-hybridized carbons (Fsp3) is 0.333. The van der Waals surface area contributed by atoms with Gasteiger partial charge in [-0.05, 0) is 91.9 Å². The minimum Gasteiger partial charge on any atom is -0.390 e. The third-order valence-corrected chi connectivity index (χ3v) is 9.51. The molecule has 0 spiro atoms. The molecule has 0 aliphatic heterocycles. The first kappa shape index (κ1) is 36.4. The van der Waals surface area contributed by atoms with E-state index >= 15 is 0 Å². The molecule has 0 aliphatic rings. The van der Waals surface area contributed by atoms with Crippen molar-refractivity contribution in [1.29, 1.82) is 0 Å². The second kappa shape index (κ2) is 16.6. The number of carbonyl (C=O) groups excluding carboxylic acids is 2. The molecule has 0 fully saturated rings. The number of aliphatic hydroxyl groups is 1. The van der Waals surface area contributed by atoms with Crippen molar-refractivity contribution in [1.82, 2.24) is 19.5 Å². The van der Waals surface area contributed by atoms with Crippen LogP contribution in [0.25, 0.3) is 0 Å². The molecule has 0 aliphatic carbocycles. The Morgan fingerprint density at radius 3 is 2.19 bits per heavy atom. The Morgan fingerprint density at radius 2 is 1.54 bits per heavy atom. The molecule has 1 heterocycles. The molecule has 3 N–H and O–H groups in total. The average molecular weight is 681 g/mol. The molecular formula is C36H42F2N4O5S. The van der Waals surface area contributed by atoms with Crippen LogP contribution < -0.4 is 10.6 Å². The van der Waals surface area contributed by atoms with E-state index in [0.717, 1.165) is 35.0 Å². The lowest BCUT2D eigenvalue weighted by molar-refractivity contribution is 0.0755. The van der Waals surface area contributed by atoms with E-state index in [2.05, 4.69) is 10.6 Å². The zero-order valence-electron chi connectivity index (χ0n) is 27.3. The monoisotopic (exact) mass is 680 g/mol. The van der Waals surface area contributed by atoms with Crippen LogP contribution in [0.3, 0.4) is 0 Å². The van der Waals surface area contributed by atoms with E-state index in [1.807, 2.05) is 13.8 Å². The van der Waals surface area contributed by atoms with Gasteiger partial charge in [0.1, 0.15) is 11.6 Å². The van der Waals surface area contributed by atoms with Gasteiger partial charge in [-0.3, -0.25) is 9.59 Å². The topological polar surface area (TPSA) is 121 Å². The zero-order chi connectivity index (χ0) is 34.8. The highest BCUT2D eigenvalue weighted by Crippen LogP contribution is 2.18. The van der Waals surface area contributed by atoms with Crippen molar-refractivity contribution in [3.05, 3.63) is 125 Å². The Hall–Kier alpha value is -4.39. The van der Waals surface area contributed by atoms with Gasteiger partial charge in [-0.25, -0.2) is 21.2 Å². The van der Waals surface area contributed by atoms with E-state index in [1.165, 1.54) is 24.4 Å². The standard InChI is InChI=1S/C36H42F2N4O5S/c1-4-13-41(14-5-2)36(45)28-17-25(3)16-27(21-28)35(44)40-33(20-26-18-29(37)22-30(38)19-26)34(43)24-39-23-31-10-9-15-42(31)48(46,47)32-11-7-6-8-12-32/h6-12,15-19,21-22,33-34,39,43H,4-5,13-14,20,23-24H2,1-3H3,(H,40,44)/t33-,34+/m0/s1. The number of aromatic nitrogens is 1. The molecule has 1 aromatic heterocycles. The van der Waals surface area contributed by atoms with Gasteiger partial charge in [-0.15, -0.1) is 0 Å². The van der Waals surface area contributed by atoms with Gasteiger partial charge in [-0.1, -0.05) is 32.0 Å². The van der Waals surface area contributed by atoms with Gasteiger partial charge < -0.3 is 20.6 Å². The largest absolute Gasteiger partial charge is 0.390 e. The molecule has 256 valence electrons. The molecule has 4 aromatic rings. The molecule has 2 atom stereocenters. The lowest BCUT2D eigenvalue weighted by Gasteiger charge is -2.25. The fourth-order valence-electron chi connectivity index (χ4n) is 5.56. The number of hydrogen-bond acceptors (Lipinski definition) is 6. The molecule has 9 nitrogen and oxygen atoms in total. The van der Waals surface area contributed by atoms with Crippen LogP contribution in [0.1, 0.15) is 64.2 Å². The first-order chi connectivity index (χ1) is 22.9. The van der Waals surface area contributed by atoms with E-state index in [9.17, 15) is 31.9 Å². The molecule has 4 rings (SSSR count). The van der Waals surface area contributed by atoms with Gasteiger partial charge in [0.25, 0.3) is 21.8 Å². The second-order valence-corrected chi connectivity index (χ2v) is 13.6. The molecule has 0 saturated heterocycles. The molecular weight excluding hydrogens is 638 g/mol. The Balaban J connectivity index is 1.53. The van der Waals surface area contributed by atoms with Crippen molar-refractivity contribution >= 4 is 21.8 Å². The van der Waals surface area contributed by atoms with Gasteiger partial charge in [-0.2, -0.15) is 0 Å². The lowest BCUT2D eigenvalue weighted by atomic mass is 9.99. The van der Waals surface area contributed by atoms with Crippen molar-refractivity contribution in [2.75, 3.05) is 19.6 Å². The Bertz CT molecular complexity index is 1790. The minimum atomic E-state index is -3.86. The smallest absolute Gasteiger partial charge is 0.267 e. The van der Waals surface area contributed by atoms with E-state index in [4.69, 9.17) is 0 Å². The van der Waals surface area contributed by atoms with Crippen LogP contribution in [0.15, 0.2) is 90.0 Å². The summed E-state index contributed by atoms with van der Waals surface area (Å²) >= 11 is 0. The molecule has 0 saturated carbocycles. The Kier molecular flexibility index (Phi) is 12.6. The first-order valence-corrected chi connectivity index (χ1v) is 17.4. The van der Waals surface area contributed by atoms with Crippen LogP contribution in [-0.2, 0) is 23.0 Å². The van der Waals surface area contributed by atoms with Crippen molar-refractivity contribution < 1.29 is 31.9 Å². The Labute approximate surface area is 280 Å². The maximum Gasteiger partial charge on any atom is 0.267 e. The summed E-state index contributed by atoms with van der Waals surface area (Å²) < 4.78 is 55.7. The van der Waals surface area contributed by atoms with Gasteiger partial charge in [0.2, 0.25) is 0 Å². The van der Waals surface area contributed by atoms with Gasteiger partial charge in [0, 0.05) is 55.3 Å². The lowest BCUT2D eigenvalue weighted by Crippen LogP contribution is -2.48. The molecule has 0 radical (unpaired) electrons. The number of hydrogen-bond donors (Lipinski definition) is 3. The van der Waals surface area contributed by atoms with Crippen LogP contribution in [0.2, 0.25) is 0 Å². The van der Waals surface area contributed by atoms with E-state index < -0.39 is 39.7 Å². The molecule has 2 amide bonds. The first-order valence-electron chi connectivity index (χ1n) is 15.9. The third-order valence-electron chi connectivity index (χ3n) is 7.77. The molecule has 48 heavy (non-hydrogen) atoms. The number of nitrogens with one attached hydrogen (secondary N) is 2. The van der Waals surface area contributed by atoms with Crippen molar-refractivity contribution in [2.24, 2.45) is 0 Å². The van der Waals surface area contributed by atoms with E-state index in [-0.39, 0.29) is 41.4 Å². The maximum absolute atomic E-state index is 14.1. The summed E-state index contributed by atoms with van der Waals surface area (Å²) in [6.07, 6.45) is 1.63. The van der Waals surface area contributed by atoms with Gasteiger partial charge in [0.15, 0.2) is 0 Å². The molecule has 0 bridgehead atoms. The van der Waals surface area contributed by atoms with Gasteiger partial charge >= 0.3 is 0 Å². The maximum atomic E-state index is 14.1. The summed E-state index contributed by atoms with van der Waals surface area (Å²) in [4.78, 5) is 28.8. The van der Waals surface area contributed by atoms with Crippen LogP contribution >= 0.6 is 0 Å². The number of rotatable bonds is 16. The summed E-state index contributed by atoms with van der Waals surface area (Å²) in [5.74, 6) is -2.36. The average Bonchev–Trinajstić information content (AvgIpc) is 3.53. The van der Waals surface area contributed by atoms with Crippen molar-refractivity contribution in [3.63, 3.8) is 0 Å². The van der Waals surface area contributed by atoms with Gasteiger partial charge in [0.05, 0.1) is 17.0 Å². The van der Waals surface area contributed by atoms with Crippen LogP contribution in [0, 0.1) is 18.6 Å². The predicted octanol–water partition coefficient (Wildman–Crippen LogP) is 5.07.